The van der Waals surface area contributed by atoms with Crippen LogP contribution in [0.3, 0.4) is 0 Å². The van der Waals surface area contributed by atoms with Crippen molar-refractivity contribution in [3.8, 4) is 5.75 Å². The smallest absolute Gasteiger partial charge is 0.165 e. The van der Waals surface area contributed by atoms with E-state index in [0.29, 0.717) is 5.02 Å². The Balaban J connectivity index is 2.18. The third-order valence-electron chi connectivity index (χ3n) is 2.92. The van der Waals surface area contributed by atoms with E-state index >= 15 is 0 Å². The molecular formula is C15H15ClFNO. The van der Waals surface area contributed by atoms with Gasteiger partial charge in [0.15, 0.2) is 11.6 Å². The molecule has 1 unspecified atom stereocenters. The van der Waals surface area contributed by atoms with Crippen molar-refractivity contribution in [3.05, 3.63) is 58.9 Å². The summed E-state index contributed by atoms with van der Waals surface area (Å²) in [4.78, 5) is 0. The molecule has 0 bridgehead atoms. The average Bonchev–Trinajstić information content (AvgIpc) is 2.41. The zero-order valence-corrected chi connectivity index (χ0v) is 11.5. The maximum atomic E-state index is 13.7. The Hall–Kier alpha value is -1.74. The molecule has 0 fully saturated rings. The van der Waals surface area contributed by atoms with Crippen molar-refractivity contribution in [1.29, 1.82) is 0 Å². The van der Waals surface area contributed by atoms with Gasteiger partial charge in [-0.2, -0.15) is 0 Å². The van der Waals surface area contributed by atoms with Gasteiger partial charge in [-0.1, -0.05) is 29.8 Å². The molecule has 0 aliphatic heterocycles. The van der Waals surface area contributed by atoms with E-state index in [1.807, 2.05) is 37.3 Å². The minimum absolute atomic E-state index is 0.0553. The van der Waals surface area contributed by atoms with Crippen LogP contribution in [0.2, 0.25) is 5.02 Å². The van der Waals surface area contributed by atoms with Gasteiger partial charge in [0, 0.05) is 6.04 Å². The Morgan fingerprint density at radius 1 is 1.21 bits per heavy atom. The quantitative estimate of drug-likeness (QED) is 0.879. The monoisotopic (exact) mass is 279 g/mol. The summed E-state index contributed by atoms with van der Waals surface area (Å²) in [6, 6.07) is 12.3. The molecule has 0 heterocycles. The number of hydrogen-bond donors (Lipinski definition) is 1. The van der Waals surface area contributed by atoms with Gasteiger partial charge >= 0.3 is 0 Å². The van der Waals surface area contributed by atoms with Crippen LogP contribution in [0.1, 0.15) is 18.5 Å². The predicted octanol–water partition coefficient (Wildman–Crippen LogP) is 4.66. The Labute approximate surface area is 117 Å². The van der Waals surface area contributed by atoms with Gasteiger partial charge in [-0.15, -0.1) is 0 Å². The average molecular weight is 280 g/mol. The van der Waals surface area contributed by atoms with E-state index in [4.69, 9.17) is 16.3 Å². The first-order valence-corrected chi connectivity index (χ1v) is 6.34. The number of ether oxygens (including phenoxy) is 1. The molecular weight excluding hydrogens is 265 g/mol. The third kappa shape index (κ3) is 3.18. The summed E-state index contributed by atoms with van der Waals surface area (Å²) in [7, 11) is 1.45. The van der Waals surface area contributed by atoms with E-state index < -0.39 is 0 Å². The summed E-state index contributed by atoms with van der Waals surface area (Å²) >= 11 is 6.08. The van der Waals surface area contributed by atoms with Gasteiger partial charge in [-0.25, -0.2) is 4.39 Å². The molecule has 0 amide bonds. The summed E-state index contributed by atoms with van der Waals surface area (Å²) in [5.41, 5.74) is 1.66. The van der Waals surface area contributed by atoms with Crippen LogP contribution in [0.25, 0.3) is 0 Å². The standard InChI is InChI=1S/C15H15ClFNO/c1-10(18-14-6-4-3-5-12(14)16)11-7-8-15(19-2)13(17)9-11/h3-10,18H,1-2H3. The van der Waals surface area contributed by atoms with Gasteiger partial charge in [0.1, 0.15) is 0 Å². The van der Waals surface area contributed by atoms with Crippen molar-refractivity contribution in [3.63, 3.8) is 0 Å². The summed E-state index contributed by atoms with van der Waals surface area (Å²) in [5.74, 6) is -0.124. The number of halogens is 2. The predicted molar refractivity (Wildman–Crippen MR) is 76.4 cm³/mol. The highest BCUT2D eigenvalue weighted by molar-refractivity contribution is 6.33. The van der Waals surface area contributed by atoms with Gasteiger partial charge in [0.2, 0.25) is 0 Å². The zero-order valence-electron chi connectivity index (χ0n) is 10.8. The van der Waals surface area contributed by atoms with E-state index in [1.165, 1.54) is 13.2 Å². The first-order chi connectivity index (χ1) is 9.11. The molecule has 2 aromatic carbocycles. The molecule has 100 valence electrons. The molecule has 2 aromatic rings. The Morgan fingerprint density at radius 3 is 2.58 bits per heavy atom. The molecule has 2 rings (SSSR count). The lowest BCUT2D eigenvalue weighted by Gasteiger charge is -2.17. The molecule has 1 atom stereocenters. The van der Waals surface area contributed by atoms with Crippen molar-refractivity contribution in [2.75, 3.05) is 12.4 Å². The van der Waals surface area contributed by atoms with Crippen LogP contribution in [-0.2, 0) is 0 Å². The summed E-state index contributed by atoms with van der Waals surface area (Å²) in [5, 5.41) is 3.89. The molecule has 0 aliphatic carbocycles. The molecule has 0 saturated heterocycles. The number of methoxy groups -OCH3 is 1. The van der Waals surface area contributed by atoms with Gasteiger partial charge in [0.25, 0.3) is 0 Å². The maximum Gasteiger partial charge on any atom is 0.165 e. The van der Waals surface area contributed by atoms with Crippen LogP contribution in [0.4, 0.5) is 10.1 Å². The normalized spacial score (nSPS) is 12.0. The fourth-order valence-electron chi connectivity index (χ4n) is 1.85. The van der Waals surface area contributed by atoms with Crippen LogP contribution in [0.5, 0.6) is 5.75 Å². The van der Waals surface area contributed by atoms with Crippen molar-refractivity contribution in [1.82, 2.24) is 0 Å². The molecule has 1 N–H and O–H groups in total. The van der Waals surface area contributed by atoms with E-state index in [0.717, 1.165) is 11.3 Å². The Bertz CT molecular complexity index is 574. The van der Waals surface area contributed by atoms with Crippen LogP contribution < -0.4 is 10.1 Å². The van der Waals surface area contributed by atoms with Crippen molar-refractivity contribution in [2.24, 2.45) is 0 Å². The highest BCUT2D eigenvalue weighted by Crippen LogP contribution is 2.27. The number of para-hydroxylation sites is 1. The molecule has 0 spiro atoms. The van der Waals surface area contributed by atoms with Crippen molar-refractivity contribution >= 4 is 17.3 Å². The second-order valence-electron chi connectivity index (χ2n) is 4.24. The van der Waals surface area contributed by atoms with Crippen molar-refractivity contribution < 1.29 is 9.13 Å². The fourth-order valence-corrected chi connectivity index (χ4v) is 2.04. The van der Waals surface area contributed by atoms with Gasteiger partial charge in [-0.05, 0) is 36.8 Å². The molecule has 0 aliphatic rings. The Morgan fingerprint density at radius 2 is 1.95 bits per heavy atom. The van der Waals surface area contributed by atoms with Gasteiger partial charge in [-0.3, -0.25) is 0 Å². The topological polar surface area (TPSA) is 21.3 Å². The molecule has 19 heavy (non-hydrogen) atoms. The SMILES string of the molecule is COc1ccc(C(C)Nc2ccccc2Cl)cc1F. The van der Waals surface area contributed by atoms with Gasteiger partial charge in [0.05, 0.1) is 17.8 Å². The van der Waals surface area contributed by atoms with Crippen LogP contribution in [0.15, 0.2) is 42.5 Å². The Kier molecular flexibility index (Phi) is 4.27. The second-order valence-corrected chi connectivity index (χ2v) is 4.65. The molecule has 0 saturated carbocycles. The van der Waals surface area contributed by atoms with Gasteiger partial charge < -0.3 is 10.1 Å². The molecule has 2 nitrogen and oxygen atoms in total. The van der Waals surface area contributed by atoms with E-state index in [1.54, 1.807) is 6.07 Å². The minimum Gasteiger partial charge on any atom is -0.494 e. The molecule has 0 radical (unpaired) electrons. The van der Waals surface area contributed by atoms with Crippen LogP contribution >= 0.6 is 11.6 Å². The number of rotatable bonds is 4. The lowest BCUT2D eigenvalue weighted by molar-refractivity contribution is 0.386. The maximum absolute atomic E-state index is 13.7. The molecule has 4 heteroatoms. The number of hydrogen-bond acceptors (Lipinski definition) is 2. The van der Waals surface area contributed by atoms with Crippen LogP contribution in [-0.4, -0.2) is 7.11 Å². The van der Waals surface area contributed by atoms with E-state index in [2.05, 4.69) is 5.32 Å². The summed E-state index contributed by atoms with van der Waals surface area (Å²) < 4.78 is 18.6. The number of anilines is 1. The highest BCUT2D eigenvalue weighted by Gasteiger charge is 2.10. The lowest BCUT2D eigenvalue weighted by atomic mass is 10.1. The first-order valence-electron chi connectivity index (χ1n) is 5.96. The first kappa shape index (κ1) is 13.7. The fraction of sp³-hybridized carbons (Fsp3) is 0.200. The van der Waals surface area contributed by atoms with Crippen LogP contribution in [0, 0.1) is 5.82 Å². The lowest BCUT2D eigenvalue weighted by Crippen LogP contribution is -2.07. The highest BCUT2D eigenvalue weighted by atomic mass is 35.5. The zero-order chi connectivity index (χ0) is 13.8. The number of nitrogens with one attached hydrogen (secondary N) is 1. The van der Waals surface area contributed by atoms with E-state index in [-0.39, 0.29) is 17.6 Å². The molecule has 0 aromatic heterocycles. The van der Waals surface area contributed by atoms with Crippen molar-refractivity contribution in [2.45, 2.75) is 13.0 Å². The summed E-state index contributed by atoms with van der Waals surface area (Å²) in [6.45, 7) is 1.95. The van der Waals surface area contributed by atoms with E-state index in [9.17, 15) is 4.39 Å². The minimum atomic E-state index is -0.368. The largest absolute Gasteiger partial charge is 0.494 e. The summed E-state index contributed by atoms with van der Waals surface area (Å²) in [6.07, 6.45) is 0. The number of benzene rings is 2. The third-order valence-corrected chi connectivity index (χ3v) is 3.25. The second kappa shape index (κ2) is 5.93.